The van der Waals surface area contributed by atoms with Crippen LogP contribution in [0.15, 0.2) is 40.8 Å². The smallest absolute Gasteiger partial charge is 0.313 e. The molecule has 0 bridgehead atoms. The summed E-state index contributed by atoms with van der Waals surface area (Å²) in [6, 6.07) is 4.71. The normalized spacial score (nSPS) is 14.0. The predicted octanol–water partition coefficient (Wildman–Crippen LogP) is 1.53. The number of carbonyl (C=O) groups is 4. The summed E-state index contributed by atoms with van der Waals surface area (Å²) < 4.78 is 6.19. The number of ketones is 1. The Balaban J connectivity index is 1.84. The van der Waals surface area contributed by atoms with Gasteiger partial charge < -0.3 is 15.4 Å². The molecule has 1 aromatic carbocycles. The Kier molecular flexibility index (Phi) is 8.80. The highest BCUT2D eigenvalue weighted by molar-refractivity contribution is 7.99. The van der Waals surface area contributed by atoms with Crippen LogP contribution in [0.4, 0.5) is 0 Å². The molecule has 35 heavy (non-hydrogen) atoms. The van der Waals surface area contributed by atoms with Crippen LogP contribution in [0, 0.1) is 5.92 Å². The number of thioether (sulfide) groups is 1. The van der Waals surface area contributed by atoms with Crippen LogP contribution in [0.5, 0.6) is 0 Å². The first-order chi connectivity index (χ1) is 16.7. The van der Waals surface area contributed by atoms with E-state index >= 15 is 0 Å². The zero-order valence-corrected chi connectivity index (χ0v) is 20.3. The summed E-state index contributed by atoms with van der Waals surface area (Å²) in [4.78, 5) is 67.4. The number of hydrogen-bond donors (Lipinski definition) is 1. The number of Topliss-reactive ketones (excluding diaryl/α,β-unsaturated/α-hetero) is 1. The molecule has 0 saturated carbocycles. The van der Waals surface area contributed by atoms with Crippen LogP contribution in [-0.4, -0.2) is 63.5 Å². The minimum Gasteiger partial charge on any atom is -0.466 e. The summed E-state index contributed by atoms with van der Waals surface area (Å²) in [6.45, 7) is 6.55. The molecule has 3 rings (SSSR count). The fourth-order valence-electron chi connectivity index (χ4n) is 3.85. The first-order valence-electron chi connectivity index (χ1n) is 11.3. The van der Waals surface area contributed by atoms with Crippen LogP contribution in [0.25, 0.3) is 10.9 Å². The highest BCUT2D eigenvalue weighted by atomic mass is 32.2. The van der Waals surface area contributed by atoms with Gasteiger partial charge in [0.15, 0.2) is 10.9 Å². The number of primary amides is 1. The summed E-state index contributed by atoms with van der Waals surface area (Å²) in [6.07, 6.45) is 2.22. The molecule has 1 aliphatic rings. The van der Waals surface area contributed by atoms with Gasteiger partial charge in [0.25, 0.3) is 11.5 Å². The Morgan fingerprint density at radius 3 is 2.60 bits per heavy atom. The number of nitrogens with zero attached hydrogens (tertiary/aromatic N) is 3. The summed E-state index contributed by atoms with van der Waals surface area (Å²) in [7, 11) is 0. The Hall–Kier alpha value is -3.47. The lowest BCUT2D eigenvalue weighted by molar-refractivity contribution is -0.145. The van der Waals surface area contributed by atoms with Crippen molar-refractivity contribution >= 4 is 46.2 Å². The van der Waals surface area contributed by atoms with Gasteiger partial charge in [-0.3, -0.25) is 28.5 Å². The van der Waals surface area contributed by atoms with E-state index in [9.17, 15) is 24.0 Å². The van der Waals surface area contributed by atoms with Crippen LogP contribution in [-0.2, 0) is 25.7 Å². The molecule has 2 heterocycles. The van der Waals surface area contributed by atoms with Gasteiger partial charge >= 0.3 is 5.97 Å². The molecule has 1 fully saturated rings. The van der Waals surface area contributed by atoms with E-state index in [1.165, 1.54) is 4.57 Å². The number of rotatable bonds is 10. The van der Waals surface area contributed by atoms with Crippen molar-refractivity contribution in [2.45, 2.75) is 37.9 Å². The van der Waals surface area contributed by atoms with Gasteiger partial charge in [0, 0.05) is 31.1 Å². The average Bonchev–Trinajstić information content (AvgIpc) is 2.84. The fraction of sp³-hybridized carbons (Fsp3) is 0.417. The van der Waals surface area contributed by atoms with E-state index in [1.54, 1.807) is 36.1 Å². The molecule has 2 amide bonds. The monoisotopic (exact) mass is 500 g/mol. The lowest BCUT2D eigenvalue weighted by Crippen LogP contribution is -2.41. The second kappa shape index (κ2) is 11.8. The maximum absolute atomic E-state index is 13.1. The van der Waals surface area contributed by atoms with Crippen molar-refractivity contribution in [1.29, 1.82) is 0 Å². The molecule has 2 N–H and O–H groups in total. The van der Waals surface area contributed by atoms with E-state index in [0.29, 0.717) is 42.4 Å². The van der Waals surface area contributed by atoms with E-state index in [0.717, 1.165) is 11.8 Å². The van der Waals surface area contributed by atoms with Crippen LogP contribution in [0.3, 0.4) is 0 Å². The van der Waals surface area contributed by atoms with Gasteiger partial charge in [-0.25, -0.2) is 4.98 Å². The van der Waals surface area contributed by atoms with Crippen molar-refractivity contribution in [3.05, 3.63) is 46.8 Å². The standard InChI is InChI=1S/C24H28N4O6S/c1-3-9-28-23(33)18-6-5-16(22(32)27-10-7-15(8-11-27)21(25)31)12-19(18)26-24(28)35-14-17(29)13-20(30)34-4-2/h3,5-6,12,15H,1,4,7-11,13-14H2,2H3,(H2,25,31). The highest BCUT2D eigenvalue weighted by Crippen LogP contribution is 2.22. The number of piperidine rings is 1. The number of carbonyl (C=O) groups excluding carboxylic acids is 4. The van der Waals surface area contributed by atoms with Crippen LogP contribution < -0.4 is 11.3 Å². The molecule has 1 saturated heterocycles. The molecule has 2 aromatic rings. The number of nitrogens with two attached hydrogens (primary N) is 1. The molecule has 0 atom stereocenters. The number of esters is 1. The number of fused-ring (bicyclic) bond motifs is 1. The maximum Gasteiger partial charge on any atom is 0.313 e. The summed E-state index contributed by atoms with van der Waals surface area (Å²) in [5, 5.41) is 0.615. The second-order valence-corrected chi connectivity index (χ2v) is 9.05. The molecular formula is C24H28N4O6S. The van der Waals surface area contributed by atoms with Gasteiger partial charge in [-0.15, -0.1) is 6.58 Å². The Morgan fingerprint density at radius 1 is 1.26 bits per heavy atom. The third-order valence-corrected chi connectivity index (χ3v) is 6.71. The zero-order valence-electron chi connectivity index (χ0n) is 19.5. The van der Waals surface area contributed by atoms with Gasteiger partial charge in [-0.1, -0.05) is 17.8 Å². The first-order valence-corrected chi connectivity index (χ1v) is 12.3. The Morgan fingerprint density at radius 2 is 1.97 bits per heavy atom. The van der Waals surface area contributed by atoms with Crippen molar-refractivity contribution in [2.75, 3.05) is 25.4 Å². The predicted molar refractivity (Wildman–Crippen MR) is 131 cm³/mol. The molecule has 0 aliphatic carbocycles. The van der Waals surface area contributed by atoms with Crippen molar-refractivity contribution in [2.24, 2.45) is 11.7 Å². The van der Waals surface area contributed by atoms with Gasteiger partial charge in [0.05, 0.1) is 23.3 Å². The Bertz CT molecular complexity index is 1220. The number of ether oxygens (including phenoxy) is 1. The van der Waals surface area contributed by atoms with Gasteiger partial charge in [0.1, 0.15) is 6.42 Å². The molecule has 0 spiro atoms. The van der Waals surface area contributed by atoms with E-state index in [1.807, 2.05) is 0 Å². The lowest BCUT2D eigenvalue weighted by atomic mass is 9.96. The number of hydrogen-bond acceptors (Lipinski definition) is 8. The number of amides is 2. The SMILES string of the molecule is C=CCn1c(SCC(=O)CC(=O)OCC)nc2cc(C(=O)N3CCC(C(N)=O)CC3)ccc2c1=O. The van der Waals surface area contributed by atoms with E-state index in [-0.39, 0.29) is 59.6 Å². The molecular weight excluding hydrogens is 472 g/mol. The largest absolute Gasteiger partial charge is 0.466 e. The molecule has 1 aromatic heterocycles. The quantitative estimate of drug-likeness (QED) is 0.170. The van der Waals surface area contributed by atoms with E-state index in [2.05, 4.69) is 11.6 Å². The third kappa shape index (κ3) is 6.36. The number of aromatic nitrogens is 2. The lowest BCUT2D eigenvalue weighted by Gasteiger charge is -2.30. The minimum absolute atomic E-state index is 0.0681. The average molecular weight is 501 g/mol. The molecule has 0 unspecified atom stereocenters. The zero-order chi connectivity index (χ0) is 25.5. The van der Waals surface area contributed by atoms with Crippen molar-refractivity contribution in [3.63, 3.8) is 0 Å². The summed E-state index contributed by atoms with van der Waals surface area (Å²) in [5.74, 6) is -1.82. The van der Waals surface area contributed by atoms with Crippen LogP contribution in [0.2, 0.25) is 0 Å². The second-order valence-electron chi connectivity index (χ2n) is 8.11. The summed E-state index contributed by atoms with van der Waals surface area (Å²) >= 11 is 1.04. The summed E-state index contributed by atoms with van der Waals surface area (Å²) in [5.41, 5.74) is 5.75. The fourth-order valence-corrected chi connectivity index (χ4v) is 4.72. The maximum atomic E-state index is 13.1. The molecule has 0 radical (unpaired) electrons. The molecule has 1 aliphatic heterocycles. The van der Waals surface area contributed by atoms with Crippen LogP contribution >= 0.6 is 11.8 Å². The van der Waals surface area contributed by atoms with E-state index in [4.69, 9.17) is 10.5 Å². The van der Waals surface area contributed by atoms with Crippen LogP contribution in [0.1, 0.15) is 36.5 Å². The number of benzene rings is 1. The molecule has 10 nitrogen and oxygen atoms in total. The minimum atomic E-state index is -0.601. The number of likely N-dealkylation sites (tertiary alicyclic amines) is 1. The topological polar surface area (TPSA) is 142 Å². The third-order valence-electron chi connectivity index (χ3n) is 5.67. The van der Waals surface area contributed by atoms with Crippen molar-refractivity contribution in [3.8, 4) is 0 Å². The first kappa shape index (κ1) is 26.1. The van der Waals surface area contributed by atoms with Gasteiger partial charge in [0.2, 0.25) is 5.91 Å². The van der Waals surface area contributed by atoms with E-state index < -0.39 is 5.97 Å². The van der Waals surface area contributed by atoms with Gasteiger partial charge in [-0.2, -0.15) is 0 Å². The van der Waals surface area contributed by atoms with Gasteiger partial charge in [-0.05, 0) is 38.0 Å². The Labute approximate surface area is 206 Å². The van der Waals surface area contributed by atoms with Crippen molar-refractivity contribution < 1.29 is 23.9 Å². The molecule has 11 heteroatoms. The number of allylic oxidation sites excluding steroid dienone is 1. The highest BCUT2D eigenvalue weighted by Gasteiger charge is 2.27. The molecule has 186 valence electrons. The van der Waals surface area contributed by atoms with Crippen molar-refractivity contribution in [1.82, 2.24) is 14.5 Å².